The van der Waals surface area contributed by atoms with Crippen molar-refractivity contribution in [3.8, 4) is 17.2 Å². The number of ether oxygens (including phenoxy) is 3. The van der Waals surface area contributed by atoms with Crippen LogP contribution < -0.4 is 19.5 Å². The summed E-state index contributed by atoms with van der Waals surface area (Å²) in [5.41, 5.74) is 1.45. The van der Waals surface area contributed by atoms with E-state index in [9.17, 15) is 4.79 Å². The Morgan fingerprint density at radius 3 is 2.36 bits per heavy atom. The van der Waals surface area contributed by atoms with Gasteiger partial charge in [-0.3, -0.25) is 4.79 Å². The number of carbonyl (C=O) groups is 1. The van der Waals surface area contributed by atoms with Gasteiger partial charge in [0.05, 0.1) is 31.9 Å². The third-order valence-electron chi connectivity index (χ3n) is 3.63. The maximum atomic E-state index is 12.4. The number of rotatable bonds is 7. The van der Waals surface area contributed by atoms with Crippen LogP contribution in [0.2, 0.25) is 5.02 Å². The van der Waals surface area contributed by atoms with Crippen LogP contribution in [-0.2, 0) is 6.42 Å². The van der Waals surface area contributed by atoms with Gasteiger partial charge < -0.3 is 19.5 Å². The van der Waals surface area contributed by atoms with Gasteiger partial charge in [0.15, 0.2) is 11.5 Å². The Balaban J connectivity index is 2.02. The average Bonchev–Trinajstić information content (AvgIpc) is 2.63. The van der Waals surface area contributed by atoms with Crippen molar-refractivity contribution < 1.29 is 19.0 Å². The Kier molecular flexibility index (Phi) is 7.19. The van der Waals surface area contributed by atoms with Crippen molar-refractivity contribution in [1.82, 2.24) is 5.32 Å². The molecule has 0 aliphatic heterocycles. The zero-order valence-electron chi connectivity index (χ0n) is 14.2. The third-order valence-corrected chi connectivity index (χ3v) is 5.16. The van der Waals surface area contributed by atoms with Crippen LogP contribution in [0.15, 0.2) is 30.3 Å². The Hall–Kier alpha value is -1.67. The number of hydrogen-bond acceptors (Lipinski definition) is 4. The molecule has 2 aromatic rings. The van der Waals surface area contributed by atoms with E-state index in [-0.39, 0.29) is 5.91 Å². The van der Waals surface area contributed by atoms with Crippen LogP contribution in [0.3, 0.4) is 0 Å². The van der Waals surface area contributed by atoms with Crippen molar-refractivity contribution >= 4 is 40.1 Å². The molecule has 0 aliphatic carbocycles. The fourth-order valence-electron chi connectivity index (χ4n) is 2.33. The molecule has 1 amide bonds. The van der Waals surface area contributed by atoms with Crippen molar-refractivity contribution in [2.75, 3.05) is 27.9 Å². The van der Waals surface area contributed by atoms with Crippen molar-refractivity contribution in [2.24, 2.45) is 0 Å². The summed E-state index contributed by atoms with van der Waals surface area (Å²) in [6.07, 6.45) is 0.659. The molecule has 5 nitrogen and oxygen atoms in total. The highest BCUT2D eigenvalue weighted by Crippen LogP contribution is 2.29. The average molecular weight is 476 g/mol. The number of methoxy groups -OCH3 is 3. The van der Waals surface area contributed by atoms with Crippen molar-refractivity contribution in [2.45, 2.75) is 6.42 Å². The van der Waals surface area contributed by atoms with Crippen molar-refractivity contribution in [3.63, 3.8) is 0 Å². The second kappa shape index (κ2) is 9.15. The van der Waals surface area contributed by atoms with E-state index in [4.69, 9.17) is 25.8 Å². The SMILES string of the molecule is COc1ccc(CCNC(=O)c2cc(Cl)c(I)cc2OC)cc1OC. The molecule has 0 bridgehead atoms. The predicted molar refractivity (Wildman–Crippen MR) is 106 cm³/mol. The minimum Gasteiger partial charge on any atom is -0.496 e. The van der Waals surface area contributed by atoms with Crippen LogP contribution in [0.5, 0.6) is 17.2 Å². The molecule has 0 atom stereocenters. The lowest BCUT2D eigenvalue weighted by molar-refractivity contribution is 0.0951. The number of benzene rings is 2. The molecule has 7 heteroatoms. The van der Waals surface area contributed by atoms with Crippen LogP contribution in [-0.4, -0.2) is 33.8 Å². The van der Waals surface area contributed by atoms with E-state index in [1.807, 2.05) is 18.2 Å². The summed E-state index contributed by atoms with van der Waals surface area (Å²) in [7, 11) is 4.72. The molecule has 0 spiro atoms. The lowest BCUT2D eigenvalue weighted by Crippen LogP contribution is -2.26. The Labute approximate surface area is 165 Å². The minimum atomic E-state index is -0.226. The second-order valence-electron chi connectivity index (χ2n) is 5.16. The summed E-state index contributed by atoms with van der Waals surface area (Å²) in [5.74, 6) is 1.61. The van der Waals surface area contributed by atoms with E-state index >= 15 is 0 Å². The van der Waals surface area contributed by atoms with Gasteiger partial charge >= 0.3 is 0 Å². The first-order chi connectivity index (χ1) is 12.0. The minimum absolute atomic E-state index is 0.226. The summed E-state index contributed by atoms with van der Waals surface area (Å²) in [6, 6.07) is 9.04. The molecule has 134 valence electrons. The number of carbonyl (C=O) groups excluding carboxylic acids is 1. The first-order valence-corrected chi connectivity index (χ1v) is 8.98. The predicted octanol–water partition coefficient (Wildman–Crippen LogP) is 3.94. The number of amides is 1. The van der Waals surface area contributed by atoms with Gasteiger partial charge in [-0.15, -0.1) is 0 Å². The maximum Gasteiger partial charge on any atom is 0.255 e. The van der Waals surface area contributed by atoms with Gasteiger partial charge in [0, 0.05) is 10.1 Å². The van der Waals surface area contributed by atoms with E-state index in [2.05, 4.69) is 27.9 Å². The molecule has 0 fully saturated rings. The van der Waals surface area contributed by atoms with Gasteiger partial charge in [-0.2, -0.15) is 0 Å². The lowest BCUT2D eigenvalue weighted by atomic mass is 10.1. The Morgan fingerprint density at radius 2 is 1.72 bits per heavy atom. The zero-order chi connectivity index (χ0) is 18.4. The number of nitrogens with one attached hydrogen (secondary N) is 1. The normalized spacial score (nSPS) is 10.3. The Morgan fingerprint density at radius 1 is 1.04 bits per heavy atom. The van der Waals surface area contributed by atoms with E-state index in [0.29, 0.717) is 40.8 Å². The molecule has 0 aromatic heterocycles. The second-order valence-corrected chi connectivity index (χ2v) is 6.73. The highest BCUT2D eigenvalue weighted by atomic mass is 127. The molecule has 25 heavy (non-hydrogen) atoms. The number of hydrogen-bond donors (Lipinski definition) is 1. The molecule has 0 aliphatic rings. The van der Waals surface area contributed by atoms with E-state index in [1.54, 1.807) is 26.4 Å². The van der Waals surface area contributed by atoms with Gasteiger partial charge in [0.25, 0.3) is 5.91 Å². The first kappa shape index (κ1) is 19.7. The molecule has 2 rings (SSSR count). The van der Waals surface area contributed by atoms with E-state index < -0.39 is 0 Å². The molecular weight excluding hydrogens is 457 g/mol. The summed E-state index contributed by atoms with van der Waals surface area (Å²) in [4.78, 5) is 12.4. The third kappa shape index (κ3) is 4.92. The van der Waals surface area contributed by atoms with E-state index in [1.165, 1.54) is 7.11 Å². The quantitative estimate of drug-likeness (QED) is 0.616. The van der Waals surface area contributed by atoms with Crippen molar-refractivity contribution in [1.29, 1.82) is 0 Å². The highest BCUT2D eigenvalue weighted by Gasteiger charge is 2.15. The summed E-state index contributed by atoms with van der Waals surface area (Å²) in [5, 5.41) is 3.40. The van der Waals surface area contributed by atoms with Gasteiger partial charge in [0.2, 0.25) is 0 Å². The number of halogens is 2. The first-order valence-electron chi connectivity index (χ1n) is 7.52. The fourth-order valence-corrected chi connectivity index (χ4v) is 2.93. The molecule has 0 saturated heterocycles. The van der Waals surface area contributed by atoms with E-state index in [0.717, 1.165) is 9.13 Å². The molecule has 0 radical (unpaired) electrons. The van der Waals surface area contributed by atoms with Gasteiger partial charge in [-0.25, -0.2) is 0 Å². The Bertz CT molecular complexity index is 767. The topological polar surface area (TPSA) is 56.8 Å². The maximum absolute atomic E-state index is 12.4. The summed E-state index contributed by atoms with van der Waals surface area (Å²) < 4.78 is 16.6. The van der Waals surface area contributed by atoms with Gasteiger partial charge in [-0.05, 0) is 58.8 Å². The molecular formula is C18H19ClINO4. The zero-order valence-corrected chi connectivity index (χ0v) is 17.1. The summed E-state index contributed by atoms with van der Waals surface area (Å²) in [6.45, 7) is 0.473. The molecule has 1 N–H and O–H groups in total. The molecule has 2 aromatic carbocycles. The molecule has 0 saturated carbocycles. The largest absolute Gasteiger partial charge is 0.496 e. The fraction of sp³-hybridized carbons (Fsp3) is 0.278. The van der Waals surface area contributed by atoms with Crippen LogP contribution in [0.1, 0.15) is 15.9 Å². The molecule has 0 heterocycles. The monoisotopic (exact) mass is 475 g/mol. The van der Waals surface area contributed by atoms with Gasteiger partial charge in [0.1, 0.15) is 5.75 Å². The van der Waals surface area contributed by atoms with Crippen molar-refractivity contribution in [3.05, 3.63) is 50.1 Å². The van der Waals surface area contributed by atoms with Crippen LogP contribution in [0.25, 0.3) is 0 Å². The summed E-state index contributed by atoms with van der Waals surface area (Å²) >= 11 is 8.21. The lowest BCUT2D eigenvalue weighted by Gasteiger charge is -2.12. The standard InChI is InChI=1S/C18H19ClINO4/c1-23-15-5-4-11(8-17(15)25-3)6-7-21-18(22)12-9-13(19)14(20)10-16(12)24-2/h4-5,8-10H,6-7H2,1-3H3,(H,21,22). The highest BCUT2D eigenvalue weighted by molar-refractivity contribution is 14.1. The van der Waals surface area contributed by atoms with Crippen LogP contribution in [0.4, 0.5) is 0 Å². The van der Waals surface area contributed by atoms with Crippen LogP contribution >= 0.6 is 34.2 Å². The van der Waals surface area contributed by atoms with Crippen LogP contribution in [0, 0.1) is 3.57 Å². The smallest absolute Gasteiger partial charge is 0.255 e. The molecule has 0 unspecified atom stereocenters. The van der Waals surface area contributed by atoms with Gasteiger partial charge in [-0.1, -0.05) is 17.7 Å².